The van der Waals surface area contributed by atoms with Crippen molar-refractivity contribution in [2.24, 2.45) is 5.92 Å². The van der Waals surface area contributed by atoms with Crippen molar-refractivity contribution in [2.45, 2.75) is 58.2 Å². The second kappa shape index (κ2) is 11.6. The molecule has 5 nitrogen and oxygen atoms in total. The summed E-state index contributed by atoms with van der Waals surface area (Å²) in [5.74, 6) is -0.497. The number of amides is 1. The van der Waals surface area contributed by atoms with Crippen molar-refractivity contribution < 1.29 is 19.1 Å². The minimum Gasteiger partial charge on any atom is -0.460 e. The Morgan fingerprint density at radius 1 is 1.16 bits per heavy atom. The molecule has 0 unspecified atom stereocenters. The van der Waals surface area contributed by atoms with Crippen LogP contribution in [0.25, 0.3) is 0 Å². The summed E-state index contributed by atoms with van der Waals surface area (Å²) < 4.78 is 11.1. The van der Waals surface area contributed by atoms with Gasteiger partial charge in [-0.3, -0.25) is 4.79 Å². The van der Waals surface area contributed by atoms with Crippen LogP contribution in [0.2, 0.25) is 0 Å². The number of unbranched alkanes of at least 4 members (excludes halogenated alkanes) is 2. The fourth-order valence-corrected chi connectivity index (χ4v) is 2.79. The van der Waals surface area contributed by atoms with E-state index in [4.69, 9.17) is 9.47 Å². The Labute approximate surface area is 151 Å². The van der Waals surface area contributed by atoms with Gasteiger partial charge in [0.1, 0.15) is 6.10 Å². The van der Waals surface area contributed by atoms with Gasteiger partial charge in [0.15, 0.2) is 6.10 Å². The smallest absolute Gasteiger partial charge is 0.340 e. The van der Waals surface area contributed by atoms with Gasteiger partial charge in [-0.15, -0.1) is 0 Å². The Hall–Kier alpha value is -1.88. The summed E-state index contributed by atoms with van der Waals surface area (Å²) in [6, 6.07) is 9.30. The summed E-state index contributed by atoms with van der Waals surface area (Å²) in [7, 11) is 3.11. The first kappa shape index (κ1) is 21.2. The fourth-order valence-electron chi connectivity index (χ4n) is 2.79. The van der Waals surface area contributed by atoms with Crippen LogP contribution in [-0.2, 0) is 19.1 Å². The molecule has 0 heterocycles. The van der Waals surface area contributed by atoms with Gasteiger partial charge in [0, 0.05) is 26.5 Å². The number of carbonyl (C=O) groups is 2. The first-order chi connectivity index (χ1) is 12.0. The summed E-state index contributed by atoms with van der Waals surface area (Å²) in [5, 5.41) is 2.63. The number of benzene rings is 1. The van der Waals surface area contributed by atoms with Gasteiger partial charge in [0.2, 0.25) is 5.91 Å². The molecule has 3 atom stereocenters. The maximum Gasteiger partial charge on any atom is 0.340 e. The highest BCUT2D eigenvalue weighted by molar-refractivity contribution is 5.77. The zero-order valence-corrected chi connectivity index (χ0v) is 15.8. The van der Waals surface area contributed by atoms with Crippen LogP contribution in [0.4, 0.5) is 0 Å². The maximum atomic E-state index is 12.6. The van der Waals surface area contributed by atoms with Crippen LogP contribution in [-0.4, -0.2) is 32.1 Å². The van der Waals surface area contributed by atoms with Gasteiger partial charge in [-0.05, 0) is 18.4 Å². The second-order valence-corrected chi connectivity index (χ2v) is 6.35. The van der Waals surface area contributed by atoms with Crippen molar-refractivity contribution in [1.82, 2.24) is 5.32 Å². The number of nitrogens with one attached hydrogen (secondary N) is 1. The first-order valence-corrected chi connectivity index (χ1v) is 9.02. The normalized spacial score (nSPS) is 14.4. The molecule has 0 aliphatic heterocycles. The molecule has 0 fully saturated rings. The van der Waals surface area contributed by atoms with Crippen LogP contribution in [0.5, 0.6) is 0 Å². The highest BCUT2D eigenvalue weighted by Gasteiger charge is 2.28. The Morgan fingerprint density at radius 3 is 2.40 bits per heavy atom. The van der Waals surface area contributed by atoms with E-state index in [0.29, 0.717) is 6.42 Å². The number of ether oxygens (including phenoxy) is 2. The highest BCUT2D eigenvalue weighted by Crippen LogP contribution is 2.24. The van der Waals surface area contributed by atoms with Crippen molar-refractivity contribution in [1.29, 1.82) is 0 Å². The summed E-state index contributed by atoms with van der Waals surface area (Å²) in [4.78, 5) is 24.3. The summed E-state index contributed by atoms with van der Waals surface area (Å²) in [5.41, 5.74) is 0.765. The monoisotopic (exact) mass is 349 g/mol. The molecular weight excluding hydrogens is 318 g/mol. The molecular formula is C20H31NO4. The highest BCUT2D eigenvalue weighted by atomic mass is 16.6. The summed E-state index contributed by atoms with van der Waals surface area (Å²) in [6.07, 6.45) is 3.18. The molecule has 0 bridgehead atoms. The van der Waals surface area contributed by atoms with Crippen LogP contribution < -0.4 is 5.32 Å². The standard InChI is InChI=1S/C20H31NO4/c1-5-6-8-13-17(15(2)14-18(22)21-3)25-20(23)19(24-4)16-11-9-7-10-12-16/h7,9-12,15,17,19H,5-6,8,13-14H2,1-4H3,(H,21,22)/t15-,17+,19-/m0/s1. The second-order valence-electron chi connectivity index (χ2n) is 6.35. The molecule has 0 aromatic heterocycles. The Balaban J connectivity index is 2.79. The Kier molecular flexibility index (Phi) is 9.85. The van der Waals surface area contributed by atoms with Crippen LogP contribution in [0, 0.1) is 5.92 Å². The lowest BCUT2D eigenvalue weighted by Gasteiger charge is -2.26. The van der Waals surface area contributed by atoms with Gasteiger partial charge >= 0.3 is 5.97 Å². The SMILES string of the molecule is CCCCC[C@@H](OC(=O)[C@@H](OC)c1ccccc1)[C@@H](C)CC(=O)NC. The molecule has 0 radical (unpaired) electrons. The molecule has 0 saturated heterocycles. The zero-order valence-electron chi connectivity index (χ0n) is 15.8. The number of esters is 1. The van der Waals surface area contributed by atoms with E-state index in [2.05, 4.69) is 12.2 Å². The van der Waals surface area contributed by atoms with Crippen molar-refractivity contribution in [3.05, 3.63) is 35.9 Å². The Morgan fingerprint density at radius 2 is 1.84 bits per heavy atom. The fraction of sp³-hybridized carbons (Fsp3) is 0.600. The average molecular weight is 349 g/mol. The van der Waals surface area contributed by atoms with E-state index in [-0.39, 0.29) is 17.9 Å². The molecule has 0 aliphatic carbocycles. The van der Waals surface area contributed by atoms with Gasteiger partial charge < -0.3 is 14.8 Å². The molecule has 1 aromatic carbocycles. The molecule has 0 spiro atoms. The minimum absolute atomic E-state index is 0.0459. The molecule has 25 heavy (non-hydrogen) atoms. The van der Waals surface area contributed by atoms with E-state index in [0.717, 1.165) is 31.2 Å². The molecule has 1 rings (SSSR count). The minimum atomic E-state index is -0.748. The lowest BCUT2D eigenvalue weighted by atomic mass is 9.95. The molecule has 5 heteroatoms. The Bertz CT molecular complexity index is 518. The third-order valence-electron chi connectivity index (χ3n) is 4.33. The van der Waals surface area contributed by atoms with Gasteiger partial charge in [0.25, 0.3) is 0 Å². The van der Waals surface area contributed by atoms with Gasteiger partial charge in [-0.25, -0.2) is 4.79 Å². The zero-order chi connectivity index (χ0) is 18.7. The van der Waals surface area contributed by atoms with E-state index in [1.807, 2.05) is 37.3 Å². The van der Waals surface area contributed by atoms with Crippen LogP contribution in [0.3, 0.4) is 0 Å². The van der Waals surface area contributed by atoms with E-state index < -0.39 is 12.1 Å². The lowest BCUT2D eigenvalue weighted by molar-refractivity contribution is -0.165. The van der Waals surface area contributed by atoms with Gasteiger partial charge in [0.05, 0.1) is 0 Å². The molecule has 1 amide bonds. The number of methoxy groups -OCH3 is 1. The van der Waals surface area contributed by atoms with Crippen LogP contribution in [0.1, 0.15) is 57.6 Å². The number of rotatable bonds is 11. The average Bonchev–Trinajstić information content (AvgIpc) is 2.62. The third-order valence-corrected chi connectivity index (χ3v) is 4.33. The van der Waals surface area contributed by atoms with Crippen molar-refractivity contribution in [3.8, 4) is 0 Å². The van der Waals surface area contributed by atoms with Crippen LogP contribution in [0.15, 0.2) is 30.3 Å². The molecule has 0 aliphatic rings. The number of hydrogen-bond acceptors (Lipinski definition) is 4. The van der Waals surface area contributed by atoms with Gasteiger partial charge in [-0.1, -0.05) is 57.0 Å². The number of hydrogen-bond donors (Lipinski definition) is 1. The lowest BCUT2D eigenvalue weighted by Crippen LogP contribution is -2.32. The summed E-state index contributed by atoms with van der Waals surface area (Å²) >= 11 is 0. The third kappa shape index (κ3) is 7.26. The van der Waals surface area contributed by atoms with E-state index >= 15 is 0 Å². The predicted molar refractivity (Wildman–Crippen MR) is 98.1 cm³/mol. The topological polar surface area (TPSA) is 64.6 Å². The first-order valence-electron chi connectivity index (χ1n) is 9.02. The van der Waals surface area contributed by atoms with Crippen molar-refractivity contribution >= 4 is 11.9 Å². The molecule has 1 aromatic rings. The molecule has 0 saturated carbocycles. The molecule has 1 N–H and O–H groups in total. The van der Waals surface area contributed by atoms with Crippen molar-refractivity contribution in [2.75, 3.05) is 14.2 Å². The quantitative estimate of drug-likeness (QED) is 0.489. The maximum absolute atomic E-state index is 12.6. The van der Waals surface area contributed by atoms with E-state index in [1.165, 1.54) is 7.11 Å². The van der Waals surface area contributed by atoms with Crippen molar-refractivity contribution in [3.63, 3.8) is 0 Å². The predicted octanol–water partition coefficient (Wildman–Crippen LogP) is 3.64. The number of carbonyl (C=O) groups excluding carboxylic acids is 2. The summed E-state index contributed by atoms with van der Waals surface area (Å²) in [6.45, 7) is 4.08. The van der Waals surface area contributed by atoms with Gasteiger partial charge in [-0.2, -0.15) is 0 Å². The van der Waals surface area contributed by atoms with Crippen LogP contribution >= 0.6 is 0 Å². The van der Waals surface area contributed by atoms with E-state index in [9.17, 15) is 9.59 Å². The van der Waals surface area contributed by atoms with E-state index in [1.54, 1.807) is 7.05 Å². The largest absolute Gasteiger partial charge is 0.460 e. The molecule has 140 valence electrons.